The fourth-order valence-electron chi connectivity index (χ4n) is 2.40. The molecule has 0 saturated carbocycles. The van der Waals surface area contributed by atoms with Crippen molar-refractivity contribution >= 4 is 28.6 Å². The first-order valence-corrected chi connectivity index (χ1v) is 7.01. The Kier molecular flexibility index (Phi) is 3.87. The number of nitrogens with one attached hydrogen (secondary N) is 1. The molecule has 3 rings (SSSR count). The number of rotatable bonds is 4. The van der Waals surface area contributed by atoms with Crippen LogP contribution in [0.4, 0.5) is 5.69 Å². The van der Waals surface area contributed by atoms with E-state index in [1.165, 1.54) is 23.9 Å². The Balaban J connectivity index is 1.95. The summed E-state index contributed by atoms with van der Waals surface area (Å²) in [6.45, 7) is 0. The number of aryl methyl sites for hydroxylation is 1. The van der Waals surface area contributed by atoms with Crippen molar-refractivity contribution in [2.75, 3.05) is 12.4 Å². The van der Waals surface area contributed by atoms with Gasteiger partial charge in [0.15, 0.2) is 11.3 Å². The van der Waals surface area contributed by atoms with Crippen LogP contribution in [0.1, 0.15) is 20.8 Å². The van der Waals surface area contributed by atoms with Crippen molar-refractivity contribution in [3.8, 4) is 5.75 Å². The monoisotopic (exact) mass is 326 g/mol. The number of anilines is 1. The summed E-state index contributed by atoms with van der Waals surface area (Å²) in [7, 11) is 3.08. The molecule has 0 radical (unpaired) electrons. The number of carbonyl (C=O) groups excluding carboxylic acids is 1. The Morgan fingerprint density at radius 3 is 2.79 bits per heavy atom. The van der Waals surface area contributed by atoms with E-state index in [4.69, 9.17) is 4.74 Å². The molecule has 122 valence electrons. The van der Waals surface area contributed by atoms with E-state index in [1.54, 1.807) is 31.4 Å². The summed E-state index contributed by atoms with van der Waals surface area (Å²) in [6, 6.07) is 7.85. The van der Waals surface area contributed by atoms with Crippen LogP contribution in [0.25, 0.3) is 11.0 Å². The van der Waals surface area contributed by atoms with Gasteiger partial charge in [0, 0.05) is 18.9 Å². The molecule has 8 nitrogen and oxygen atoms in total. The van der Waals surface area contributed by atoms with Gasteiger partial charge in [-0.05, 0) is 30.3 Å². The number of aromatic nitrogens is 3. The molecule has 2 aromatic heterocycles. The number of fused-ring (bicyclic) bond motifs is 1. The van der Waals surface area contributed by atoms with Gasteiger partial charge in [-0.15, -0.1) is 0 Å². The average Bonchev–Trinajstić information content (AvgIpc) is 2.92. The van der Waals surface area contributed by atoms with Gasteiger partial charge in [0.05, 0.1) is 12.5 Å². The largest absolute Gasteiger partial charge is 0.496 e. The first-order chi connectivity index (χ1) is 11.5. The van der Waals surface area contributed by atoms with Gasteiger partial charge in [0.2, 0.25) is 0 Å². The maximum absolute atomic E-state index is 12.5. The van der Waals surface area contributed by atoms with Gasteiger partial charge in [-0.25, -0.2) is 14.5 Å². The van der Waals surface area contributed by atoms with Crippen LogP contribution >= 0.6 is 0 Å². The predicted octanol–water partition coefficient (Wildman–Crippen LogP) is 1.93. The fraction of sp³-hybridized carbons (Fsp3) is 0.125. The molecule has 2 N–H and O–H groups in total. The molecule has 0 aliphatic rings. The van der Waals surface area contributed by atoms with E-state index in [9.17, 15) is 14.7 Å². The van der Waals surface area contributed by atoms with Gasteiger partial charge in [0.25, 0.3) is 5.91 Å². The SMILES string of the molecule is COc1ccc(NC(=O)c2nn(C)c3ncccc23)cc1C(=O)O. The number of benzene rings is 1. The minimum atomic E-state index is -1.14. The number of hydrogen-bond acceptors (Lipinski definition) is 5. The smallest absolute Gasteiger partial charge is 0.339 e. The van der Waals surface area contributed by atoms with E-state index >= 15 is 0 Å². The highest BCUT2D eigenvalue weighted by atomic mass is 16.5. The van der Waals surface area contributed by atoms with E-state index in [-0.39, 0.29) is 17.0 Å². The zero-order valence-electron chi connectivity index (χ0n) is 13.0. The number of carbonyl (C=O) groups is 2. The number of nitrogens with zero attached hydrogens (tertiary/aromatic N) is 3. The fourth-order valence-corrected chi connectivity index (χ4v) is 2.40. The molecule has 1 amide bonds. The molecule has 0 atom stereocenters. The lowest BCUT2D eigenvalue weighted by Crippen LogP contribution is -2.14. The van der Waals surface area contributed by atoms with Crippen LogP contribution < -0.4 is 10.1 Å². The normalized spacial score (nSPS) is 10.6. The average molecular weight is 326 g/mol. The van der Waals surface area contributed by atoms with Crippen LogP contribution in [0.5, 0.6) is 5.75 Å². The Bertz CT molecular complexity index is 948. The van der Waals surface area contributed by atoms with Gasteiger partial charge in [-0.2, -0.15) is 5.10 Å². The van der Waals surface area contributed by atoms with Crippen molar-refractivity contribution < 1.29 is 19.4 Å². The lowest BCUT2D eigenvalue weighted by molar-refractivity contribution is 0.0693. The van der Waals surface area contributed by atoms with Crippen LogP contribution in [0.15, 0.2) is 36.5 Å². The highest BCUT2D eigenvalue weighted by molar-refractivity contribution is 6.11. The van der Waals surface area contributed by atoms with E-state index < -0.39 is 11.9 Å². The molecule has 1 aromatic carbocycles. The van der Waals surface area contributed by atoms with Crippen molar-refractivity contribution in [2.24, 2.45) is 7.05 Å². The van der Waals surface area contributed by atoms with Crippen molar-refractivity contribution in [1.29, 1.82) is 0 Å². The van der Waals surface area contributed by atoms with Gasteiger partial charge in [0.1, 0.15) is 11.3 Å². The number of carboxylic acids is 1. The first-order valence-electron chi connectivity index (χ1n) is 7.01. The number of pyridine rings is 1. The molecule has 0 unspecified atom stereocenters. The van der Waals surface area contributed by atoms with Crippen LogP contribution in [0.3, 0.4) is 0 Å². The van der Waals surface area contributed by atoms with Crippen molar-refractivity contribution in [1.82, 2.24) is 14.8 Å². The Morgan fingerprint density at radius 1 is 1.29 bits per heavy atom. The summed E-state index contributed by atoms with van der Waals surface area (Å²) < 4.78 is 6.51. The molecule has 2 heterocycles. The van der Waals surface area contributed by atoms with Crippen LogP contribution in [0, 0.1) is 0 Å². The molecule has 0 spiro atoms. The lowest BCUT2D eigenvalue weighted by atomic mass is 10.1. The molecular weight excluding hydrogens is 312 g/mol. The number of ether oxygens (including phenoxy) is 1. The first kappa shape index (κ1) is 15.5. The molecule has 0 aliphatic heterocycles. The van der Waals surface area contributed by atoms with Gasteiger partial charge in [-0.3, -0.25) is 4.79 Å². The Morgan fingerprint density at radius 2 is 2.08 bits per heavy atom. The molecule has 0 fully saturated rings. The van der Waals surface area contributed by atoms with Crippen molar-refractivity contribution in [2.45, 2.75) is 0 Å². The van der Waals surface area contributed by atoms with E-state index in [0.29, 0.717) is 16.7 Å². The number of aromatic carboxylic acids is 1. The zero-order chi connectivity index (χ0) is 17.3. The van der Waals surface area contributed by atoms with E-state index in [0.717, 1.165) is 0 Å². The topological polar surface area (TPSA) is 106 Å². The third-order valence-electron chi connectivity index (χ3n) is 3.50. The molecule has 0 bridgehead atoms. The second-order valence-corrected chi connectivity index (χ2v) is 5.02. The minimum absolute atomic E-state index is 0.0390. The summed E-state index contributed by atoms with van der Waals surface area (Å²) in [4.78, 5) is 27.9. The predicted molar refractivity (Wildman–Crippen MR) is 86.4 cm³/mol. The minimum Gasteiger partial charge on any atom is -0.496 e. The molecule has 24 heavy (non-hydrogen) atoms. The lowest BCUT2D eigenvalue weighted by Gasteiger charge is -2.08. The summed E-state index contributed by atoms with van der Waals surface area (Å²) >= 11 is 0. The van der Waals surface area contributed by atoms with Gasteiger partial charge < -0.3 is 15.2 Å². The highest BCUT2D eigenvalue weighted by Gasteiger charge is 2.18. The summed E-state index contributed by atoms with van der Waals surface area (Å²) in [5.74, 6) is -1.38. The van der Waals surface area contributed by atoms with E-state index in [2.05, 4.69) is 15.4 Å². The third-order valence-corrected chi connectivity index (χ3v) is 3.50. The number of hydrogen-bond donors (Lipinski definition) is 2. The van der Waals surface area contributed by atoms with Gasteiger partial charge in [-0.1, -0.05) is 0 Å². The van der Waals surface area contributed by atoms with E-state index in [1.807, 2.05) is 0 Å². The Hall–Kier alpha value is -3.42. The highest BCUT2D eigenvalue weighted by Crippen LogP contribution is 2.23. The molecule has 8 heteroatoms. The number of carboxylic acid groups (broad SMARTS) is 1. The van der Waals surface area contributed by atoms with Crippen LogP contribution in [-0.4, -0.2) is 38.9 Å². The summed E-state index contributed by atoms with van der Waals surface area (Å²) in [5.41, 5.74) is 1.10. The summed E-state index contributed by atoms with van der Waals surface area (Å²) in [6.07, 6.45) is 1.62. The van der Waals surface area contributed by atoms with Crippen molar-refractivity contribution in [3.05, 3.63) is 47.8 Å². The molecular formula is C16H14N4O4. The number of amides is 1. The molecule has 3 aromatic rings. The standard InChI is InChI=1S/C16H14N4O4/c1-20-14-10(4-3-7-17-14)13(19-20)15(21)18-9-5-6-12(24-2)11(8-9)16(22)23/h3-8H,1-2H3,(H,18,21)(H,22,23). The summed E-state index contributed by atoms with van der Waals surface area (Å²) in [5, 5.41) is 16.6. The van der Waals surface area contributed by atoms with Crippen LogP contribution in [0.2, 0.25) is 0 Å². The number of methoxy groups -OCH3 is 1. The van der Waals surface area contributed by atoms with Crippen molar-refractivity contribution in [3.63, 3.8) is 0 Å². The second-order valence-electron chi connectivity index (χ2n) is 5.02. The third kappa shape index (κ3) is 2.65. The molecule has 0 saturated heterocycles. The van der Waals surface area contributed by atoms with Crippen LogP contribution in [-0.2, 0) is 7.05 Å². The molecule has 0 aliphatic carbocycles. The Labute approximate surface area is 136 Å². The quantitative estimate of drug-likeness (QED) is 0.759. The van der Waals surface area contributed by atoms with Gasteiger partial charge >= 0.3 is 5.97 Å². The maximum atomic E-state index is 12.5. The zero-order valence-corrected chi connectivity index (χ0v) is 13.0. The maximum Gasteiger partial charge on any atom is 0.339 e. The second kappa shape index (κ2) is 5.99.